The molecule has 1 atom stereocenters. The summed E-state index contributed by atoms with van der Waals surface area (Å²) in [4.78, 5) is 20.1. The van der Waals surface area contributed by atoms with Gasteiger partial charge in [-0.05, 0) is 12.1 Å². The van der Waals surface area contributed by atoms with E-state index in [-0.39, 0.29) is 11.3 Å². The van der Waals surface area contributed by atoms with Crippen LogP contribution in [0.3, 0.4) is 0 Å². The van der Waals surface area contributed by atoms with Gasteiger partial charge in [0.25, 0.3) is 0 Å². The second-order valence-corrected chi connectivity index (χ2v) is 6.01. The highest BCUT2D eigenvalue weighted by Crippen LogP contribution is 2.36. The summed E-state index contributed by atoms with van der Waals surface area (Å²) >= 11 is 1.05. The number of esters is 1. The van der Waals surface area contributed by atoms with Crippen molar-refractivity contribution in [3.8, 4) is 0 Å². The first kappa shape index (κ1) is 17.9. The number of nitrogens with zero attached hydrogens (tertiary/aromatic N) is 4. The van der Waals surface area contributed by atoms with Crippen molar-refractivity contribution in [1.29, 1.82) is 0 Å². The highest BCUT2D eigenvalue weighted by atomic mass is 32.1. The summed E-state index contributed by atoms with van der Waals surface area (Å²) in [6, 6.07) is 5.16. The Bertz CT molecular complexity index is 894. The molecule has 0 unspecified atom stereocenters. The first-order valence-electron chi connectivity index (χ1n) is 7.23. The van der Waals surface area contributed by atoms with Crippen LogP contribution in [0.4, 0.5) is 24.1 Å². The van der Waals surface area contributed by atoms with Gasteiger partial charge in [-0.25, -0.2) is 14.8 Å². The van der Waals surface area contributed by atoms with Crippen molar-refractivity contribution < 1.29 is 22.7 Å². The number of nitrogens with one attached hydrogen (secondary N) is 1. The first-order valence-corrected chi connectivity index (χ1v) is 8.11. The van der Waals surface area contributed by atoms with Gasteiger partial charge in [-0.15, -0.1) is 11.3 Å². The third-order valence-electron chi connectivity index (χ3n) is 3.16. The molecule has 0 spiro atoms. The number of carbonyl (C=O) groups excluding carboxylic acids is 1. The van der Waals surface area contributed by atoms with Crippen LogP contribution in [0, 0.1) is 0 Å². The summed E-state index contributed by atoms with van der Waals surface area (Å²) in [6.45, 7) is 0. The molecule has 0 aliphatic carbocycles. The number of aryl methyl sites for hydroxylation is 1. The molecule has 1 N–H and O–H groups in total. The Morgan fingerprint density at radius 3 is 2.81 bits per heavy atom. The van der Waals surface area contributed by atoms with Crippen LogP contribution in [-0.4, -0.2) is 31.9 Å². The summed E-state index contributed by atoms with van der Waals surface area (Å²) in [5.74, 6) is -0.688. The number of carbonyl (C=O) groups is 1. The Morgan fingerprint density at radius 1 is 1.38 bits per heavy atom. The number of pyridine rings is 1. The molecule has 26 heavy (non-hydrogen) atoms. The molecule has 0 radical (unpaired) electrons. The van der Waals surface area contributed by atoms with E-state index in [9.17, 15) is 18.0 Å². The molecule has 136 valence electrons. The minimum Gasteiger partial charge on any atom is -0.443 e. The topological polar surface area (TPSA) is 81.9 Å². The molecular weight excluding hydrogens is 371 g/mol. The van der Waals surface area contributed by atoms with E-state index >= 15 is 0 Å². The summed E-state index contributed by atoms with van der Waals surface area (Å²) in [5, 5.41) is 8.14. The van der Waals surface area contributed by atoms with Crippen LogP contribution >= 0.6 is 11.3 Å². The van der Waals surface area contributed by atoms with Crippen molar-refractivity contribution in [2.45, 2.75) is 12.3 Å². The van der Waals surface area contributed by atoms with Crippen LogP contribution in [0.5, 0.6) is 0 Å². The Hall–Kier alpha value is -2.95. The van der Waals surface area contributed by atoms with E-state index in [2.05, 4.69) is 25.1 Å². The number of halogens is 3. The van der Waals surface area contributed by atoms with Gasteiger partial charge in [0.15, 0.2) is 10.8 Å². The van der Waals surface area contributed by atoms with Crippen molar-refractivity contribution in [3.05, 3.63) is 53.4 Å². The number of alkyl halides is 3. The molecule has 7 nitrogen and oxygen atoms in total. The quantitative estimate of drug-likeness (QED) is 0.680. The summed E-state index contributed by atoms with van der Waals surface area (Å²) in [5.41, 5.74) is -0.498. The van der Waals surface area contributed by atoms with Crippen LogP contribution in [0.1, 0.15) is 22.2 Å². The lowest BCUT2D eigenvalue weighted by Gasteiger charge is -2.18. The number of rotatable bonds is 5. The lowest BCUT2D eigenvalue weighted by atomic mass is 10.2. The summed E-state index contributed by atoms with van der Waals surface area (Å²) in [6.07, 6.45) is -3.49. The smallest absolute Gasteiger partial charge is 0.429 e. The average molecular weight is 383 g/mol. The van der Waals surface area contributed by atoms with Gasteiger partial charge in [0.1, 0.15) is 5.82 Å². The molecule has 0 aromatic carbocycles. The van der Waals surface area contributed by atoms with Crippen molar-refractivity contribution in [1.82, 2.24) is 19.7 Å². The molecule has 0 bridgehead atoms. The average Bonchev–Trinajstić information content (AvgIpc) is 3.21. The summed E-state index contributed by atoms with van der Waals surface area (Å²) in [7, 11) is 1.47. The second-order valence-electron chi connectivity index (χ2n) is 5.15. The molecule has 0 aliphatic rings. The lowest BCUT2D eigenvalue weighted by Crippen LogP contribution is -2.26. The minimum atomic E-state index is -4.77. The summed E-state index contributed by atoms with van der Waals surface area (Å²) < 4.78 is 45.5. The van der Waals surface area contributed by atoms with E-state index in [0.717, 1.165) is 23.7 Å². The molecule has 0 amide bonds. The van der Waals surface area contributed by atoms with Gasteiger partial charge in [0.2, 0.25) is 6.10 Å². The van der Waals surface area contributed by atoms with E-state index in [1.54, 1.807) is 24.4 Å². The molecular formula is C15H12F3N5O2S. The fourth-order valence-corrected chi connectivity index (χ4v) is 2.72. The van der Waals surface area contributed by atoms with Crippen molar-refractivity contribution >= 4 is 28.3 Å². The zero-order chi connectivity index (χ0) is 18.7. The monoisotopic (exact) mass is 383 g/mol. The maximum Gasteiger partial charge on any atom is 0.429 e. The van der Waals surface area contributed by atoms with Gasteiger partial charge in [0.05, 0.1) is 6.20 Å². The minimum absolute atomic E-state index is 0.230. The van der Waals surface area contributed by atoms with Gasteiger partial charge < -0.3 is 10.1 Å². The van der Waals surface area contributed by atoms with E-state index in [0.29, 0.717) is 10.9 Å². The molecule has 3 aromatic rings. The number of hydrogen-bond acceptors (Lipinski definition) is 7. The first-order chi connectivity index (χ1) is 12.3. The molecule has 0 aliphatic heterocycles. The zero-order valence-corrected chi connectivity index (χ0v) is 14.1. The number of anilines is 2. The Balaban J connectivity index is 1.74. The Kier molecular flexibility index (Phi) is 4.89. The Morgan fingerprint density at radius 2 is 2.19 bits per heavy atom. The standard InChI is InChI=1S/C15H12F3N5O2S/c1-23-7-9(6-20-23)12(15(16,17)18)25-13(24)10-8-26-14(21-10)22-11-4-2-3-5-19-11/h2-8,12H,1H3,(H,19,21,22)/t12-/m0/s1. The molecule has 3 rings (SSSR count). The van der Waals surface area contributed by atoms with E-state index in [4.69, 9.17) is 0 Å². The van der Waals surface area contributed by atoms with Gasteiger partial charge in [-0.3, -0.25) is 4.68 Å². The van der Waals surface area contributed by atoms with E-state index in [1.807, 2.05) is 0 Å². The van der Waals surface area contributed by atoms with Gasteiger partial charge in [-0.2, -0.15) is 18.3 Å². The van der Waals surface area contributed by atoms with E-state index < -0.39 is 18.2 Å². The molecule has 3 heterocycles. The lowest BCUT2D eigenvalue weighted by molar-refractivity contribution is -0.207. The number of hydrogen-bond donors (Lipinski definition) is 1. The predicted octanol–water partition coefficient (Wildman–Crippen LogP) is 3.48. The molecule has 0 saturated carbocycles. The third kappa shape index (κ3) is 4.17. The van der Waals surface area contributed by atoms with Crippen molar-refractivity contribution in [2.75, 3.05) is 5.32 Å². The number of ether oxygens (including phenoxy) is 1. The second kappa shape index (κ2) is 7.12. The van der Waals surface area contributed by atoms with E-state index in [1.165, 1.54) is 17.1 Å². The van der Waals surface area contributed by atoms with Crippen LogP contribution in [0.2, 0.25) is 0 Å². The number of thiazole rings is 1. The zero-order valence-electron chi connectivity index (χ0n) is 13.3. The van der Waals surface area contributed by atoms with Gasteiger partial charge in [0, 0.05) is 30.4 Å². The van der Waals surface area contributed by atoms with Crippen LogP contribution < -0.4 is 5.32 Å². The van der Waals surface area contributed by atoms with Crippen LogP contribution in [0.25, 0.3) is 0 Å². The largest absolute Gasteiger partial charge is 0.443 e. The van der Waals surface area contributed by atoms with Gasteiger partial charge >= 0.3 is 12.1 Å². The third-order valence-corrected chi connectivity index (χ3v) is 3.92. The van der Waals surface area contributed by atoms with Crippen LogP contribution in [-0.2, 0) is 11.8 Å². The predicted molar refractivity (Wildman–Crippen MR) is 87.1 cm³/mol. The molecule has 0 saturated heterocycles. The number of aromatic nitrogens is 4. The SMILES string of the molecule is Cn1cc([C@H](OC(=O)c2csc(Nc3ccccn3)n2)C(F)(F)F)cn1. The normalized spacial score (nSPS) is 12.6. The fraction of sp³-hybridized carbons (Fsp3) is 0.200. The van der Waals surface area contributed by atoms with Gasteiger partial charge in [-0.1, -0.05) is 6.07 Å². The maximum absolute atomic E-state index is 13.2. The van der Waals surface area contributed by atoms with Crippen molar-refractivity contribution in [2.24, 2.45) is 7.05 Å². The highest BCUT2D eigenvalue weighted by molar-refractivity contribution is 7.14. The van der Waals surface area contributed by atoms with Crippen molar-refractivity contribution in [3.63, 3.8) is 0 Å². The molecule has 3 aromatic heterocycles. The highest BCUT2D eigenvalue weighted by Gasteiger charge is 2.45. The molecule has 11 heteroatoms. The maximum atomic E-state index is 13.2. The Labute approximate surface area is 149 Å². The molecule has 0 fully saturated rings. The fourth-order valence-electron chi connectivity index (χ4n) is 2.04. The van der Waals surface area contributed by atoms with Crippen LogP contribution in [0.15, 0.2) is 42.2 Å².